The summed E-state index contributed by atoms with van der Waals surface area (Å²) in [5.41, 5.74) is 2.23. The lowest BCUT2D eigenvalue weighted by atomic mass is 10.1. The van der Waals surface area contributed by atoms with Gasteiger partial charge >= 0.3 is 0 Å². The van der Waals surface area contributed by atoms with Crippen LogP contribution in [-0.4, -0.2) is 38.9 Å². The quantitative estimate of drug-likeness (QED) is 0.700. The van der Waals surface area contributed by atoms with Crippen molar-refractivity contribution >= 4 is 29.1 Å². The van der Waals surface area contributed by atoms with E-state index in [0.29, 0.717) is 27.1 Å². The Balaban J connectivity index is 2.16. The summed E-state index contributed by atoms with van der Waals surface area (Å²) < 4.78 is 1.57. The molecule has 0 atom stereocenters. The molecule has 0 unspecified atom stereocenters. The Kier molecular flexibility index (Phi) is 5.56. The van der Waals surface area contributed by atoms with E-state index in [-0.39, 0.29) is 19.0 Å². The Labute approximate surface area is 160 Å². The number of aromatic nitrogens is 3. The number of rotatable bonds is 5. The molecule has 1 amide bonds. The van der Waals surface area contributed by atoms with E-state index in [1.165, 1.54) is 0 Å². The average molecular weight is 391 g/mol. The second-order valence-electron chi connectivity index (χ2n) is 5.54. The SMILES string of the molecule is Cc1c(Cl)cccc1-n1nc(C(=O)NCCO)nc1-c1cccc(Cl)c1. The van der Waals surface area contributed by atoms with E-state index in [4.69, 9.17) is 28.3 Å². The highest BCUT2D eigenvalue weighted by Crippen LogP contribution is 2.27. The first-order valence-corrected chi connectivity index (χ1v) is 8.64. The highest BCUT2D eigenvalue weighted by atomic mass is 35.5. The first-order valence-electron chi connectivity index (χ1n) is 7.89. The fourth-order valence-corrected chi connectivity index (χ4v) is 2.82. The zero-order chi connectivity index (χ0) is 18.7. The van der Waals surface area contributed by atoms with Crippen LogP contribution in [0.3, 0.4) is 0 Å². The van der Waals surface area contributed by atoms with Crippen molar-refractivity contribution in [2.45, 2.75) is 6.92 Å². The second kappa shape index (κ2) is 7.86. The molecule has 0 saturated heterocycles. The summed E-state index contributed by atoms with van der Waals surface area (Å²) in [4.78, 5) is 16.6. The molecule has 0 saturated carbocycles. The van der Waals surface area contributed by atoms with Gasteiger partial charge in [-0.1, -0.05) is 41.4 Å². The Morgan fingerprint density at radius 2 is 2.00 bits per heavy atom. The minimum Gasteiger partial charge on any atom is -0.395 e. The van der Waals surface area contributed by atoms with E-state index in [2.05, 4.69) is 15.4 Å². The van der Waals surface area contributed by atoms with Gasteiger partial charge in [0.05, 0.1) is 12.3 Å². The van der Waals surface area contributed by atoms with Gasteiger partial charge in [0.1, 0.15) is 0 Å². The van der Waals surface area contributed by atoms with E-state index in [1.54, 1.807) is 35.0 Å². The smallest absolute Gasteiger partial charge is 0.291 e. The van der Waals surface area contributed by atoms with Crippen LogP contribution in [-0.2, 0) is 0 Å². The van der Waals surface area contributed by atoms with Crippen LogP contribution in [0.4, 0.5) is 0 Å². The second-order valence-corrected chi connectivity index (χ2v) is 6.39. The minimum absolute atomic E-state index is 0.00667. The molecule has 6 nitrogen and oxygen atoms in total. The molecule has 1 aromatic heterocycles. The number of aliphatic hydroxyl groups is 1. The van der Waals surface area contributed by atoms with E-state index in [0.717, 1.165) is 5.56 Å². The maximum absolute atomic E-state index is 12.2. The molecule has 26 heavy (non-hydrogen) atoms. The number of hydrogen-bond acceptors (Lipinski definition) is 4. The molecule has 0 aliphatic heterocycles. The molecule has 2 aromatic carbocycles. The third-order valence-electron chi connectivity index (χ3n) is 3.76. The first-order chi connectivity index (χ1) is 12.5. The fourth-order valence-electron chi connectivity index (χ4n) is 2.46. The molecule has 0 aliphatic rings. The van der Waals surface area contributed by atoms with E-state index >= 15 is 0 Å². The predicted molar refractivity (Wildman–Crippen MR) is 101 cm³/mol. The molecule has 3 rings (SSSR count). The van der Waals surface area contributed by atoms with Crippen molar-refractivity contribution in [3.05, 3.63) is 63.9 Å². The summed E-state index contributed by atoms with van der Waals surface area (Å²) in [6.07, 6.45) is 0. The van der Waals surface area contributed by atoms with E-state index < -0.39 is 5.91 Å². The van der Waals surface area contributed by atoms with Gasteiger partial charge in [-0.25, -0.2) is 9.67 Å². The predicted octanol–water partition coefficient (Wildman–Crippen LogP) is 3.27. The number of nitrogens with zero attached hydrogens (tertiary/aromatic N) is 3. The first kappa shape index (κ1) is 18.4. The Morgan fingerprint density at radius 3 is 2.73 bits per heavy atom. The van der Waals surface area contributed by atoms with Crippen LogP contribution in [0.1, 0.15) is 16.2 Å². The summed E-state index contributed by atoms with van der Waals surface area (Å²) >= 11 is 12.3. The topological polar surface area (TPSA) is 80.0 Å². The summed E-state index contributed by atoms with van der Waals surface area (Å²) in [6.45, 7) is 1.82. The molecule has 0 aliphatic carbocycles. The minimum atomic E-state index is -0.472. The molecule has 8 heteroatoms. The Bertz CT molecular complexity index is 956. The molecule has 134 valence electrons. The van der Waals surface area contributed by atoms with Crippen LogP contribution < -0.4 is 5.32 Å². The third kappa shape index (κ3) is 3.72. The zero-order valence-electron chi connectivity index (χ0n) is 13.9. The number of aliphatic hydroxyl groups excluding tert-OH is 1. The maximum Gasteiger partial charge on any atom is 0.291 e. The molecule has 0 fully saturated rings. The summed E-state index contributed by atoms with van der Waals surface area (Å²) in [7, 11) is 0. The van der Waals surface area contributed by atoms with Gasteiger partial charge in [0.15, 0.2) is 5.82 Å². The number of nitrogens with one attached hydrogen (secondary N) is 1. The number of carbonyl (C=O) groups is 1. The molecule has 3 aromatic rings. The van der Waals surface area contributed by atoms with Gasteiger partial charge in [-0.3, -0.25) is 4.79 Å². The van der Waals surface area contributed by atoms with Gasteiger partial charge in [-0.15, -0.1) is 5.10 Å². The van der Waals surface area contributed by atoms with Crippen molar-refractivity contribution < 1.29 is 9.90 Å². The number of carbonyl (C=O) groups excluding carboxylic acids is 1. The van der Waals surface area contributed by atoms with Crippen LogP contribution in [0.15, 0.2) is 42.5 Å². The number of amides is 1. The van der Waals surface area contributed by atoms with E-state index in [9.17, 15) is 4.79 Å². The Hall–Kier alpha value is -2.41. The molecular weight excluding hydrogens is 375 g/mol. The molecule has 0 radical (unpaired) electrons. The van der Waals surface area contributed by atoms with Gasteiger partial charge in [0, 0.05) is 22.2 Å². The maximum atomic E-state index is 12.2. The summed E-state index contributed by atoms with van der Waals surface area (Å²) in [5, 5.41) is 16.9. The zero-order valence-corrected chi connectivity index (χ0v) is 15.4. The van der Waals surface area contributed by atoms with Crippen LogP contribution in [0.5, 0.6) is 0 Å². The van der Waals surface area contributed by atoms with E-state index in [1.807, 2.05) is 19.1 Å². The van der Waals surface area contributed by atoms with Crippen molar-refractivity contribution in [1.82, 2.24) is 20.1 Å². The standard InChI is InChI=1S/C18H16Cl2N4O2/c1-11-14(20)6-3-7-15(11)24-17(12-4-2-5-13(19)10-12)22-16(23-24)18(26)21-8-9-25/h2-7,10,25H,8-9H2,1H3,(H,21,26). The third-order valence-corrected chi connectivity index (χ3v) is 4.40. The van der Waals surface area contributed by atoms with Crippen molar-refractivity contribution in [2.24, 2.45) is 0 Å². The van der Waals surface area contributed by atoms with Gasteiger partial charge in [-0.05, 0) is 36.8 Å². The molecule has 2 N–H and O–H groups in total. The molecular formula is C18H16Cl2N4O2. The lowest BCUT2D eigenvalue weighted by Gasteiger charge is -2.10. The summed E-state index contributed by atoms with van der Waals surface area (Å²) in [5.74, 6) is -0.0134. The van der Waals surface area contributed by atoms with Crippen LogP contribution in [0, 0.1) is 6.92 Å². The van der Waals surface area contributed by atoms with Crippen molar-refractivity contribution in [1.29, 1.82) is 0 Å². The lowest BCUT2D eigenvalue weighted by Crippen LogP contribution is -2.27. The largest absolute Gasteiger partial charge is 0.395 e. The molecule has 0 bridgehead atoms. The van der Waals surface area contributed by atoms with Crippen LogP contribution >= 0.6 is 23.2 Å². The lowest BCUT2D eigenvalue weighted by molar-refractivity contribution is 0.0934. The molecule has 1 heterocycles. The molecule has 0 spiro atoms. The number of benzene rings is 2. The van der Waals surface area contributed by atoms with Gasteiger partial charge in [0.2, 0.25) is 5.82 Å². The number of hydrogen-bond donors (Lipinski definition) is 2. The van der Waals surface area contributed by atoms with Crippen LogP contribution in [0.25, 0.3) is 17.1 Å². The normalized spacial score (nSPS) is 10.8. The van der Waals surface area contributed by atoms with Crippen molar-refractivity contribution in [2.75, 3.05) is 13.2 Å². The van der Waals surface area contributed by atoms with Crippen molar-refractivity contribution in [3.8, 4) is 17.1 Å². The van der Waals surface area contributed by atoms with Gasteiger partial charge in [-0.2, -0.15) is 0 Å². The number of halogens is 2. The van der Waals surface area contributed by atoms with Gasteiger partial charge < -0.3 is 10.4 Å². The monoisotopic (exact) mass is 390 g/mol. The fraction of sp³-hybridized carbons (Fsp3) is 0.167. The highest BCUT2D eigenvalue weighted by molar-refractivity contribution is 6.31. The summed E-state index contributed by atoms with van der Waals surface area (Å²) in [6, 6.07) is 12.6. The average Bonchev–Trinajstić information content (AvgIpc) is 3.07. The van der Waals surface area contributed by atoms with Crippen LogP contribution in [0.2, 0.25) is 10.0 Å². The highest BCUT2D eigenvalue weighted by Gasteiger charge is 2.20. The van der Waals surface area contributed by atoms with Gasteiger partial charge in [0.25, 0.3) is 5.91 Å². The Morgan fingerprint density at radius 1 is 1.23 bits per heavy atom. The van der Waals surface area contributed by atoms with Crippen molar-refractivity contribution in [3.63, 3.8) is 0 Å².